The third-order valence-electron chi connectivity index (χ3n) is 4.76. The van der Waals surface area contributed by atoms with Crippen molar-refractivity contribution in [3.63, 3.8) is 0 Å². The molecular formula is C21H22O10. The molecule has 5 atom stereocenters. The van der Waals surface area contributed by atoms with Gasteiger partial charge in [0.15, 0.2) is 17.3 Å². The molecule has 0 aliphatic carbocycles. The maximum Gasteiger partial charge on any atom is 0.229 e. The zero-order valence-electron chi connectivity index (χ0n) is 16.1. The Morgan fingerprint density at radius 1 is 0.935 bits per heavy atom. The lowest BCUT2D eigenvalue weighted by atomic mass is 9.99. The van der Waals surface area contributed by atoms with Gasteiger partial charge < -0.3 is 45.2 Å². The standard InChI is InChI=1S/C21H22O10/c22-9-17-18(27)19(28)20(29)21(31-17)30-11-3-4-12(15(25)8-11)13(23)5-1-10-2-6-14(24)16(26)7-10/h1-8,17-22,24-29H,9H2/b5-1+/t17-,18-,19+,20-,21-/m0/s1. The number of rotatable bonds is 6. The highest BCUT2D eigenvalue weighted by atomic mass is 16.7. The quantitative estimate of drug-likeness (QED) is 0.184. The van der Waals surface area contributed by atoms with Gasteiger partial charge in [0.05, 0.1) is 12.2 Å². The van der Waals surface area contributed by atoms with Crippen molar-refractivity contribution in [1.82, 2.24) is 0 Å². The number of aromatic hydroxyl groups is 3. The van der Waals surface area contributed by atoms with Gasteiger partial charge in [0.2, 0.25) is 6.29 Å². The van der Waals surface area contributed by atoms with Crippen molar-refractivity contribution in [2.45, 2.75) is 30.7 Å². The molecule has 1 heterocycles. The van der Waals surface area contributed by atoms with Crippen molar-refractivity contribution in [3.8, 4) is 23.0 Å². The second-order valence-corrected chi connectivity index (χ2v) is 6.94. The van der Waals surface area contributed by atoms with Crippen LogP contribution in [0.25, 0.3) is 6.08 Å². The van der Waals surface area contributed by atoms with Crippen molar-refractivity contribution in [2.24, 2.45) is 0 Å². The summed E-state index contributed by atoms with van der Waals surface area (Å²) in [7, 11) is 0. The fraction of sp³-hybridized carbons (Fsp3) is 0.286. The van der Waals surface area contributed by atoms with E-state index in [9.17, 15) is 40.5 Å². The molecule has 2 aromatic carbocycles. The highest BCUT2D eigenvalue weighted by molar-refractivity contribution is 6.08. The van der Waals surface area contributed by atoms with Crippen molar-refractivity contribution in [2.75, 3.05) is 6.61 Å². The number of phenols is 3. The van der Waals surface area contributed by atoms with Crippen LogP contribution in [0.3, 0.4) is 0 Å². The zero-order valence-corrected chi connectivity index (χ0v) is 16.1. The number of ketones is 1. The van der Waals surface area contributed by atoms with Crippen LogP contribution in [0, 0.1) is 0 Å². The van der Waals surface area contributed by atoms with Gasteiger partial charge in [-0.2, -0.15) is 0 Å². The molecule has 1 saturated heterocycles. The molecule has 0 bridgehead atoms. The molecule has 1 fully saturated rings. The largest absolute Gasteiger partial charge is 0.507 e. The monoisotopic (exact) mass is 434 g/mol. The molecule has 2 aromatic rings. The number of hydrogen-bond donors (Lipinski definition) is 7. The molecule has 31 heavy (non-hydrogen) atoms. The lowest BCUT2D eigenvalue weighted by Gasteiger charge is -2.39. The Labute approximate surface area is 176 Å². The van der Waals surface area contributed by atoms with Crippen molar-refractivity contribution < 1.29 is 50.0 Å². The Kier molecular flexibility index (Phi) is 6.78. The van der Waals surface area contributed by atoms with E-state index in [1.165, 1.54) is 42.5 Å². The van der Waals surface area contributed by atoms with Crippen LogP contribution in [0.15, 0.2) is 42.5 Å². The molecular weight excluding hydrogens is 412 g/mol. The number of benzene rings is 2. The van der Waals surface area contributed by atoms with Gasteiger partial charge in [0.25, 0.3) is 0 Å². The van der Waals surface area contributed by atoms with Gasteiger partial charge in [-0.15, -0.1) is 0 Å². The fourth-order valence-electron chi connectivity index (χ4n) is 3.00. The summed E-state index contributed by atoms with van der Waals surface area (Å²) in [5, 5.41) is 67.8. The Bertz CT molecular complexity index is 971. The van der Waals surface area contributed by atoms with Gasteiger partial charge in [0, 0.05) is 6.07 Å². The van der Waals surface area contributed by atoms with Gasteiger partial charge in [-0.3, -0.25) is 4.79 Å². The van der Waals surface area contributed by atoms with E-state index >= 15 is 0 Å². The first-order chi connectivity index (χ1) is 14.7. The lowest BCUT2D eigenvalue weighted by molar-refractivity contribution is -0.277. The minimum Gasteiger partial charge on any atom is -0.507 e. The average molecular weight is 434 g/mol. The molecule has 0 amide bonds. The summed E-state index contributed by atoms with van der Waals surface area (Å²) in [6, 6.07) is 7.72. The molecule has 1 aliphatic heterocycles. The summed E-state index contributed by atoms with van der Waals surface area (Å²) in [5.74, 6) is -1.61. The highest BCUT2D eigenvalue weighted by Gasteiger charge is 2.44. The molecule has 10 heteroatoms. The van der Waals surface area contributed by atoms with E-state index < -0.39 is 48.8 Å². The number of ether oxygens (including phenoxy) is 2. The molecule has 0 aromatic heterocycles. The van der Waals surface area contributed by atoms with Crippen molar-refractivity contribution >= 4 is 11.9 Å². The molecule has 10 nitrogen and oxygen atoms in total. The van der Waals surface area contributed by atoms with Gasteiger partial charge in [-0.05, 0) is 35.9 Å². The number of aliphatic hydroxyl groups excluding tert-OH is 4. The molecule has 0 saturated carbocycles. The second kappa shape index (κ2) is 9.33. The van der Waals surface area contributed by atoms with Crippen LogP contribution in [0.2, 0.25) is 0 Å². The number of aliphatic hydroxyl groups is 4. The lowest BCUT2D eigenvalue weighted by Crippen LogP contribution is -2.60. The first-order valence-corrected chi connectivity index (χ1v) is 9.26. The van der Waals surface area contributed by atoms with E-state index in [0.29, 0.717) is 5.56 Å². The van der Waals surface area contributed by atoms with E-state index in [4.69, 9.17) is 9.47 Å². The second-order valence-electron chi connectivity index (χ2n) is 6.94. The number of carbonyl (C=O) groups is 1. The Balaban J connectivity index is 1.71. The number of carbonyl (C=O) groups excluding carboxylic acids is 1. The predicted octanol–water partition coefficient (Wildman–Crippen LogP) is -0.122. The number of allylic oxidation sites excluding steroid dienone is 1. The Morgan fingerprint density at radius 2 is 1.68 bits per heavy atom. The van der Waals surface area contributed by atoms with Crippen LogP contribution in [0.4, 0.5) is 0 Å². The number of hydrogen-bond acceptors (Lipinski definition) is 10. The van der Waals surface area contributed by atoms with E-state index in [1.54, 1.807) is 0 Å². The predicted molar refractivity (Wildman–Crippen MR) is 106 cm³/mol. The smallest absolute Gasteiger partial charge is 0.229 e. The summed E-state index contributed by atoms with van der Waals surface area (Å²) in [5.41, 5.74) is 0.395. The third kappa shape index (κ3) is 4.95. The zero-order chi connectivity index (χ0) is 22.7. The minimum atomic E-state index is -1.62. The molecule has 7 N–H and O–H groups in total. The normalized spacial score (nSPS) is 26.1. The van der Waals surface area contributed by atoms with Gasteiger partial charge >= 0.3 is 0 Å². The summed E-state index contributed by atoms with van der Waals surface area (Å²) in [6.07, 6.45) is -4.80. The van der Waals surface area contributed by atoms with E-state index in [0.717, 1.165) is 6.07 Å². The fourth-order valence-corrected chi connectivity index (χ4v) is 3.00. The van der Waals surface area contributed by atoms with Crippen LogP contribution in [0.1, 0.15) is 15.9 Å². The molecule has 166 valence electrons. The van der Waals surface area contributed by atoms with Gasteiger partial charge in [-0.1, -0.05) is 12.1 Å². The van der Waals surface area contributed by atoms with E-state index in [1.807, 2.05) is 0 Å². The van der Waals surface area contributed by atoms with Crippen LogP contribution < -0.4 is 4.74 Å². The molecule has 0 unspecified atom stereocenters. The summed E-state index contributed by atoms with van der Waals surface area (Å²) < 4.78 is 10.6. The molecule has 0 radical (unpaired) electrons. The Morgan fingerprint density at radius 3 is 2.32 bits per heavy atom. The molecule has 1 aliphatic rings. The first-order valence-electron chi connectivity index (χ1n) is 9.26. The first kappa shape index (κ1) is 22.5. The van der Waals surface area contributed by atoms with Crippen molar-refractivity contribution in [3.05, 3.63) is 53.6 Å². The third-order valence-corrected chi connectivity index (χ3v) is 4.76. The Hall–Kier alpha value is -3.15. The van der Waals surface area contributed by atoms with Gasteiger partial charge in [-0.25, -0.2) is 0 Å². The summed E-state index contributed by atoms with van der Waals surface area (Å²) in [6.45, 7) is -0.616. The topological polar surface area (TPSA) is 177 Å². The summed E-state index contributed by atoms with van der Waals surface area (Å²) >= 11 is 0. The van der Waals surface area contributed by atoms with Crippen LogP contribution in [-0.4, -0.2) is 78.8 Å². The maximum absolute atomic E-state index is 12.4. The van der Waals surface area contributed by atoms with E-state index in [2.05, 4.69) is 0 Å². The van der Waals surface area contributed by atoms with Crippen LogP contribution in [-0.2, 0) is 4.74 Å². The van der Waals surface area contributed by atoms with Gasteiger partial charge in [0.1, 0.15) is 35.9 Å². The number of phenolic OH excluding ortho intramolecular Hbond substituents is 3. The average Bonchev–Trinajstić information content (AvgIpc) is 2.74. The van der Waals surface area contributed by atoms with Crippen LogP contribution in [0.5, 0.6) is 23.0 Å². The molecule has 0 spiro atoms. The SMILES string of the molecule is O=C(/C=C/c1ccc(O)c(O)c1)c1ccc(O[C@H]2O[C@@H](CO)[C@H](O)[C@@H](O)[C@@H]2O)cc1O. The molecule has 3 rings (SSSR count). The summed E-state index contributed by atoms with van der Waals surface area (Å²) in [4.78, 5) is 12.4. The van der Waals surface area contributed by atoms with Crippen LogP contribution >= 0.6 is 0 Å². The minimum absolute atomic E-state index is 0.00539. The van der Waals surface area contributed by atoms with Crippen molar-refractivity contribution in [1.29, 1.82) is 0 Å². The maximum atomic E-state index is 12.4. The van der Waals surface area contributed by atoms with E-state index in [-0.39, 0.29) is 22.8 Å². The highest BCUT2D eigenvalue weighted by Crippen LogP contribution is 2.29.